The second-order valence-corrected chi connectivity index (χ2v) is 6.38. The van der Waals surface area contributed by atoms with Crippen molar-refractivity contribution in [3.05, 3.63) is 71.3 Å². The smallest absolute Gasteiger partial charge is 0.338 e. The Kier molecular flexibility index (Phi) is 6.66. The first kappa shape index (κ1) is 19.8. The monoisotopic (exact) mass is 364 g/mol. The first-order chi connectivity index (χ1) is 12.3. The molecular weight excluding hydrogens is 341 g/mol. The maximum atomic E-state index is 12.6. The highest BCUT2D eigenvalue weighted by Crippen LogP contribution is 2.29. The minimum atomic E-state index is -4.35. The van der Waals surface area contributed by atoms with Crippen molar-refractivity contribution in [2.75, 3.05) is 13.6 Å². The summed E-state index contributed by atoms with van der Waals surface area (Å²) < 4.78 is 37.7. The second-order valence-electron chi connectivity index (χ2n) is 6.38. The number of rotatable bonds is 6. The van der Waals surface area contributed by atoms with Crippen LogP contribution in [0.25, 0.3) is 0 Å². The Labute approximate surface area is 151 Å². The molecule has 0 heterocycles. The average molecular weight is 364 g/mol. The largest absolute Gasteiger partial charge is 0.416 e. The molecule has 0 aliphatic carbocycles. The van der Waals surface area contributed by atoms with Crippen molar-refractivity contribution in [2.45, 2.75) is 32.0 Å². The third kappa shape index (κ3) is 5.79. The number of hydrogen-bond donors (Lipinski definition) is 1. The number of amides is 2. The quantitative estimate of drug-likeness (QED) is 0.765. The topological polar surface area (TPSA) is 32.3 Å². The van der Waals surface area contributed by atoms with E-state index in [2.05, 4.69) is 24.4 Å². The Bertz CT molecular complexity index is 699. The van der Waals surface area contributed by atoms with Gasteiger partial charge in [0.15, 0.2) is 0 Å². The Morgan fingerprint density at radius 2 is 1.69 bits per heavy atom. The molecule has 1 unspecified atom stereocenters. The molecule has 0 aliphatic heterocycles. The van der Waals surface area contributed by atoms with Gasteiger partial charge in [0.1, 0.15) is 0 Å². The van der Waals surface area contributed by atoms with Crippen LogP contribution in [-0.4, -0.2) is 24.5 Å². The van der Waals surface area contributed by atoms with Crippen molar-refractivity contribution in [2.24, 2.45) is 0 Å². The van der Waals surface area contributed by atoms with Gasteiger partial charge in [-0.3, -0.25) is 0 Å². The van der Waals surface area contributed by atoms with Crippen LogP contribution in [0, 0.1) is 0 Å². The van der Waals surface area contributed by atoms with Crippen LogP contribution in [0.4, 0.5) is 18.0 Å². The summed E-state index contributed by atoms with van der Waals surface area (Å²) in [6.07, 6.45) is -3.54. The fourth-order valence-electron chi connectivity index (χ4n) is 2.62. The van der Waals surface area contributed by atoms with Crippen molar-refractivity contribution in [1.82, 2.24) is 10.2 Å². The number of urea groups is 1. The summed E-state index contributed by atoms with van der Waals surface area (Å²) in [4.78, 5) is 13.6. The van der Waals surface area contributed by atoms with Crippen molar-refractivity contribution in [1.29, 1.82) is 0 Å². The van der Waals surface area contributed by atoms with Gasteiger partial charge in [-0.1, -0.05) is 49.4 Å². The summed E-state index contributed by atoms with van der Waals surface area (Å²) in [6, 6.07) is 14.7. The summed E-state index contributed by atoms with van der Waals surface area (Å²) in [5.74, 6) is 0.330. The van der Waals surface area contributed by atoms with Crippen LogP contribution in [0.2, 0.25) is 0 Å². The van der Waals surface area contributed by atoms with Gasteiger partial charge in [-0.05, 0) is 35.6 Å². The maximum Gasteiger partial charge on any atom is 0.416 e. The van der Waals surface area contributed by atoms with Crippen molar-refractivity contribution >= 4 is 6.03 Å². The lowest BCUT2D eigenvalue weighted by atomic mass is 9.98. The van der Waals surface area contributed by atoms with E-state index in [0.29, 0.717) is 18.0 Å². The van der Waals surface area contributed by atoms with Gasteiger partial charge in [0.25, 0.3) is 0 Å². The number of halogens is 3. The minimum Gasteiger partial charge on any atom is -0.338 e. The van der Waals surface area contributed by atoms with E-state index in [0.717, 1.165) is 18.6 Å². The molecule has 0 aliphatic rings. The Balaban J connectivity index is 1.78. The zero-order valence-corrected chi connectivity index (χ0v) is 14.9. The van der Waals surface area contributed by atoms with Gasteiger partial charge in [-0.15, -0.1) is 0 Å². The summed E-state index contributed by atoms with van der Waals surface area (Å²) in [5, 5.41) is 2.85. The molecule has 2 aromatic rings. The third-order valence-corrected chi connectivity index (χ3v) is 4.27. The molecule has 0 spiro atoms. The van der Waals surface area contributed by atoms with Crippen LogP contribution in [0.3, 0.4) is 0 Å². The molecule has 0 aromatic heterocycles. The molecule has 0 fully saturated rings. The lowest BCUT2D eigenvalue weighted by Gasteiger charge is -2.19. The van der Waals surface area contributed by atoms with Gasteiger partial charge in [0.05, 0.1) is 5.56 Å². The number of benzene rings is 2. The SMILES string of the molecule is CC(CCNC(=O)N(C)Cc1ccc(C(F)(F)F)cc1)c1ccccc1. The molecule has 1 N–H and O–H groups in total. The number of hydrogen-bond acceptors (Lipinski definition) is 1. The number of alkyl halides is 3. The number of carbonyl (C=O) groups is 1. The van der Waals surface area contributed by atoms with Gasteiger partial charge in [-0.25, -0.2) is 4.79 Å². The fraction of sp³-hybridized carbons (Fsp3) is 0.350. The molecule has 140 valence electrons. The molecule has 0 radical (unpaired) electrons. The van der Waals surface area contributed by atoms with Crippen molar-refractivity contribution in [3.8, 4) is 0 Å². The zero-order valence-electron chi connectivity index (χ0n) is 14.9. The van der Waals surface area contributed by atoms with E-state index in [9.17, 15) is 18.0 Å². The molecule has 0 bridgehead atoms. The third-order valence-electron chi connectivity index (χ3n) is 4.27. The molecule has 0 saturated carbocycles. The van der Waals surface area contributed by atoms with Crippen LogP contribution in [-0.2, 0) is 12.7 Å². The first-order valence-electron chi connectivity index (χ1n) is 8.47. The second kappa shape index (κ2) is 8.74. The van der Waals surface area contributed by atoms with E-state index in [1.807, 2.05) is 18.2 Å². The van der Waals surface area contributed by atoms with Gasteiger partial charge >= 0.3 is 12.2 Å². The fourth-order valence-corrected chi connectivity index (χ4v) is 2.62. The highest BCUT2D eigenvalue weighted by atomic mass is 19.4. The Hall–Kier alpha value is -2.50. The van der Waals surface area contributed by atoms with E-state index >= 15 is 0 Å². The highest BCUT2D eigenvalue weighted by Gasteiger charge is 2.29. The highest BCUT2D eigenvalue weighted by molar-refractivity contribution is 5.73. The summed E-state index contributed by atoms with van der Waals surface area (Å²) in [5.41, 5.74) is 1.18. The molecule has 6 heteroatoms. The number of nitrogens with one attached hydrogen (secondary N) is 1. The predicted octanol–water partition coefficient (Wildman–Crippen LogP) is 5.04. The van der Waals surface area contributed by atoms with Gasteiger partial charge in [0, 0.05) is 20.1 Å². The van der Waals surface area contributed by atoms with Crippen LogP contribution in [0.5, 0.6) is 0 Å². The zero-order chi connectivity index (χ0) is 19.2. The van der Waals surface area contributed by atoms with E-state index in [1.165, 1.54) is 22.6 Å². The van der Waals surface area contributed by atoms with E-state index in [-0.39, 0.29) is 12.6 Å². The van der Waals surface area contributed by atoms with E-state index in [4.69, 9.17) is 0 Å². The molecule has 3 nitrogen and oxygen atoms in total. The van der Waals surface area contributed by atoms with Crippen molar-refractivity contribution < 1.29 is 18.0 Å². The first-order valence-corrected chi connectivity index (χ1v) is 8.47. The Morgan fingerprint density at radius 1 is 1.08 bits per heavy atom. The number of nitrogens with zero attached hydrogens (tertiary/aromatic N) is 1. The standard InChI is InChI=1S/C20H23F3N2O/c1-15(17-6-4-3-5-7-17)12-13-24-19(26)25(2)14-16-8-10-18(11-9-16)20(21,22)23/h3-11,15H,12-14H2,1-2H3,(H,24,26). The molecular formula is C20H23F3N2O. The van der Waals surface area contributed by atoms with Crippen LogP contribution >= 0.6 is 0 Å². The maximum absolute atomic E-state index is 12.6. The molecule has 2 amide bonds. The van der Waals surface area contributed by atoms with E-state index < -0.39 is 11.7 Å². The Morgan fingerprint density at radius 3 is 2.27 bits per heavy atom. The van der Waals surface area contributed by atoms with Crippen LogP contribution in [0.15, 0.2) is 54.6 Å². The van der Waals surface area contributed by atoms with Crippen LogP contribution < -0.4 is 5.32 Å². The van der Waals surface area contributed by atoms with Crippen molar-refractivity contribution in [3.63, 3.8) is 0 Å². The van der Waals surface area contributed by atoms with Gasteiger partial charge in [-0.2, -0.15) is 13.2 Å². The minimum absolute atomic E-state index is 0.245. The lowest BCUT2D eigenvalue weighted by molar-refractivity contribution is -0.137. The molecule has 2 rings (SSSR count). The van der Waals surface area contributed by atoms with Gasteiger partial charge < -0.3 is 10.2 Å². The summed E-state index contributed by atoms with van der Waals surface area (Å²) >= 11 is 0. The molecule has 0 saturated heterocycles. The molecule has 1 atom stereocenters. The van der Waals surface area contributed by atoms with E-state index in [1.54, 1.807) is 7.05 Å². The molecule has 2 aromatic carbocycles. The average Bonchev–Trinajstić information content (AvgIpc) is 2.62. The van der Waals surface area contributed by atoms with Gasteiger partial charge in [0.2, 0.25) is 0 Å². The summed E-state index contributed by atoms with van der Waals surface area (Å²) in [6.45, 7) is 2.89. The number of carbonyl (C=O) groups excluding carboxylic acids is 1. The lowest BCUT2D eigenvalue weighted by Crippen LogP contribution is -2.37. The molecule has 26 heavy (non-hydrogen) atoms. The summed E-state index contributed by atoms with van der Waals surface area (Å²) in [7, 11) is 1.62. The van der Waals surface area contributed by atoms with Crippen LogP contribution in [0.1, 0.15) is 36.0 Å². The normalized spacial score (nSPS) is 12.5. The predicted molar refractivity (Wildman–Crippen MR) is 95.8 cm³/mol.